The molecule has 0 radical (unpaired) electrons. The Balaban J connectivity index is 0.000000688. The van der Waals surface area contributed by atoms with Gasteiger partial charge in [-0.15, -0.1) is 0 Å². The Morgan fingerprint density at radius 1 is 0.226 bits per heavy atom. The summed E-state index contributed by atoms with van der Waals surface area (Å²) < 4.78 is 2.44. The first-order valence-corrected chi connectivity index (χ1v) is 29.4. The summed E-state index contributed by atoms with van der Waals surface area (Å²) in [6.07, 6.45) is 8.00. The molecule has 0 spiro atoms. The average Bonchev–Trinajstić information content (AvgIpc) is 1.80. The van der Waals surface area contributed by atoms with Gasteiger partial charge in [0.2, 0.25) is 0 Å². The monoisotopic (exact) mass is 1080 g/mol. The van der Waals surface area contributed by atoms with E-state index in [0.717, 1.165) is 17.1 Å². The summed E-state index contributed by atoms with van der Waals surface area (Å²) in [6.45, 7) is 12.0. The molecule has 0 saturated carbocycles. The molecule has 408 valence electrons. The molecule has 2 heteroatoms. The van der Waals surface area contributed by atoms with E-state index in [9.17, 15) is 0 Å². The smallest absolute Gasteiger partial charge is 0.0620 e. The van der Waals surface area contributed by atoms with Crippen LogP contribution in [0.25, 0.3) is 116 Å². The molecule has 0 amide bonds. The van der Waals surface area contributed by atoms with Crippen LogP contribution >= 0.6 is 0 Å². The maximum atomic E-state index is 2.44. The van der Waals surface area contributed by atoms with Crippen LogP contribution in [0.3, 0.4) is 0 Å². The largest absolute Gasteiger partial charge is 0.311 e. The fraction of sp³-hybridized carbons (Fsp3) is 0.0732. The van der Waals surface area contributed by atoms with E-state index in [1.807, 2.05) is 65.8 Å². The number of hydrogen-bond acceptors (Lipinski definition) is 1. The molecule has 14 rings (SSSR count). The van der Waals surface area contributed by atoms with Gasteiger partial charge in [-0.2, -0.15) is 0 Å². The van der Waals surface area contributed by atoms with Crippen molar-refractivity contribution < 1.29 is 0 Å². The van der Waals surface area contributed by atoms with Crippen LogP contribution in [0.5, 0.6) is 0 Å². The van der Waals surface area contributed by atoms with Gasteiger partial charge in [-0.3, -0.25) is 0 Å². The van der Waals surface area contributed by atoms with Gasteiger partial charge in [-0.25, -0.2) is 0 Å². The molecule has 14 aromatic rings. The van der Waals surface area contributed by atoms with Crippen LogP contribution in [-0.4, -0.2) is 4.40 Å². The number of hydrogen-bond donors (Lipinski definition) is 0. The Kier molecular flexibility index (Phi) is 17.3. The second-order valence-electron chi connectivity index (χ2n) is 20.6. The van der Waals surface area contributed by atoms with Crippen LogP contribution in [0.1, 0.15) is 41.5 Å². The molecular weight excluding hydrogens is 1010 g/mol. The van der Waals surface area contributed by atoms with E-state index >= 15 is 0 Å². The molecule has 0 N–H and O–H groups in total. The number of allylic oxidation sites excluding steroid dienone is 4. The summed E-state index contributed by atoms with van der Waals surface area (Å²) in [4.78, 5) is 2.35. The lowest BCUT2D eigenvalue weighted by Crippen LogP contribution is -2.09. The zero-order valence-electron chi connectivity index (χ0n) is 48.9. The highest BCUT2D eigenvalue weighted by Crippen LogP contribution is 2.43. The number of para-hydroxylation sites is 2. The van der Waals surface area contributed by atoms with Crippen LogP contribution in [0.4, 0.5) is 17.1 Å². The first-order chi connectivity index (χ1) is 41.5. The van der Waals surface area contributed by atoms with Gasteiger partial charge in [0, 0.05) is 38.6 Å². The SMILES string of the molecule is C/C=C\C.C/C=C\C.CC.c1ccc(-c2ccc(-c3ccc(N(c4ccc(-c5ccc(-c6ccccc6)cc5)cc4)c4ccc(-c5ccc(-c6ccc(-c7cc8c9ccccc9n9c%10ccccc%10c(c7)c89)cc6)cc5)cc4)cc3)cc2)cc1. The first-order valence-electron chi connectivity index (χ1n) is 29.4. The van der Waals surface area contributed by atoms with E-state index in [2.05, 4.69) is 300 Å². The standard InChI is InChI=1S/C72H48N2.2C4H8.C2H6/c1-3-11-49(12-4-1)51-19-23-55(24-20-51)58-35-41-63(42-36-58)73(64-43-37-59(38-44-64)56-25-21-52(22-26-56)50-13-5-2-6-14-50)65-45-39-60(40-46-65)57-29-27-53(28-30-57)54-31-33-61(34-32-54)62-47-68-66-15-7-9-17-70(66)74-71-18-10-8-16-67(71)69(48-62)72(68)74;2*1-3-4-2;1-2/h1-48H;2*3-4H,1-2H3;1-2H3/b;2*4-3-;. The second kappa shape index (κ2) is 26.1. The fourth-order valence-corrected chi connectivity index (χ4v) is 11.2. The zero-order chi connectivity index (χ0) is 57.8. The van der Waals surface area contributed by atoms with Crippen molar-refractivity contribution in [2.24, 2.45) is 0 Å². The Bertz CT molecular complexity index is 4210. The summed E-state index contributed by atoms with van der Waals surface area (Å²) in [7, 11) is 0. The minimum absolute atomic E-state index is 1.09. The molecule has 0 atom stereocenters. The quantitative estimate of drug-likeness (QED) is 0.124. The number of nitrogens with zero attached hydrogens (tertiary/aromatic N) is 2. The molecule has 0 fully saturated rings. The average molecular weight is 1080 g/mol. The van der Waals surface area contributed by atoms with E-state index in [-0.39, 0.29) is 0 Å². The second-order valence-corrected chi connectivity index (χ2v) is 20.6. The van der Waals surface area contributed by atoms with Crippen molar-refractivity contribution in [2.75, 3.05) is 4.90 Å². The fourth-order valence-electron chi connectivity index (χ4n) is 11.2. The van der Waals surface area contributed by atoms with E-state index < -0.39 is 0 Å². The van der Waals surface area contributed by atoms with Gasteiger partial charge in [0.05, 0.1) is 16.6 Å². The van der Waals surface area contributed by atoms with E-state index in [4.69, 9.17) is 0 Å². The Morgan fingerprint density at radius 2 is 0.440 bits per heavy atom. The van der Waals surface area contributed by atoms with Crippen molar-refractivity contribution in [3.63, 3.8) is 0 Å². The predicted octanol–water partition coefficient (Wildman–Crippen LogP) is 24.2. The number of fused-ring (bicyclic) bond motifs is 6. The van der Waals surface area contributed by atoms with E-state index in [1.165, 1.54) is 116 Å². The van der Waals surface area contributed by atoms with E-state index in [0.29, 0.717) is 0 Å². The van der Waals surface area contributed by atoms with Crippen LogP contribution < -0.4 is 4.90 Å². The van der Waals surface area contributed by atoms with E-state index in [1.54, 1.807) is 0 Å². The number of aromatic nitrogens is 1. The number of anilines is 3. The maximum Gasteiger partial charge on any atom is 0.0620 e. The summed E-state index contributed by atoms with van der Waals surface area (Å²) in [5, 5.41) is 5.19. The van der Waals surface area contributed by atoms with Gasteiger partial charge in [-0.1, -0.05) is 269 Å². The third-order valence-electron chi connectivity index (χ3n) is 15.7. The molecule has 0 aliphatic rings. The van der Waals surface area contributed by atoms with Gasteiger partial charge in [0.1, 0.15) is 0 Å². The maximum absolute atomic E-state index is 2.44. The summed E-state index contributed by atoms with van der Waals surface area (Å²) in [6, 6.07) is 106. The molecule has 12 aromatic carbocycles. The minimum Gasteiger partial charge on any atom is -0.311 e. The van der Waals surface area contributed by atoms with Crippen molar-refractivity contribution >= 4 is 55.2 Å². The van der Waals surface area contributed by atoms with Crippen molar-refractivity contribution in [1.29, 1.82) is 0 Å². The molecule has 2 aromatic heterocycles. The molecule has 84 heavy (non-hydrogen) atoms. The van der Waals surface area contributed by atoms with Crippen LogP contribution in [0.2, 0.25) is 0 Å². The van der Waals surface area contributed by atoms with Crippen molar-refractivity contribution in [1.82, 2.24) is 4.40 Å². The Labute approximate surface area is 496 Å². The van der Waals surface area contributed by atoms with Gasteiger partial charge < -0.3 is 9.30 Å². The van der Waals surface area contributed by atoms with Gasteiger partial charge in [0.25, 0.3) is 0 Å². The molecule has 0 aliphatic heterocycles. The third kappa shape index (κ3) is 11.6. The molecule has 2 heterocycles. The lowest BCUT2D eigenvalue weighted by molar-refractivity contribution is 1.28. The zero-order valence-corrected chi connectivity index (χ0v) is 48.9. The highest BCUT2D eigenvalue weighted by Gasteiger charge is 2.19. The Morgan fingerprint density at radius 3 is 0.702 bits per heavy atom. The highest BCUT2D eigenvalue weighted by molar-refractivity contribution is 6.24. The summed E-state index contributed by atoms with van der Waals surface area (Å²) in [5.74, 6) is 0. The lowest BCUT2D eigenvalue weighted by Gasteiger charge is -2.26. The minimum atomic E-state index is 1.09. The van der Waals surface area contributed by atoms with Gasteiger partial charge in [-0.05, 0) is 166 Å². The molecule has 2 nitrogen and oxygen atoms in total. The highest BCUT2D eigenvalue weighted by atomic mass is 15.1. The van der Waals surface area contributed by atoms with Crippen molar-refractivity contribution in [3.8, 4) is 77.9 Å². The molecule has 0 saturated heterocycles. The van der Waals surface area contributed by atoms with Crippen LogP contribution in [0.15, 0.2) is 315 Å². The van der Waals surface area contributed by atoms with Gasteiger partial charge >= 0.3 is 0 Å². The van der Waals surface area contributed by atoms with Crippen molar-refractivity contribution in [2.45, 2.75) is 41.5 Å². The van der Waals surface area contributed by atoms with Crippen LogP contribution in [-0.2, 0) is 0 Å². The van der Waals surface area contributed by atoms with Crippen LogP contribution in [0, 0.1) is 0 Å². The number of rotatable bonds is 10. The molecule has 0 bridgehead atoms. The number of benzene rings is 12. The molecule has 0 unspecified atom stereocenters. The summed E-state index contributed by atoms with van der Waals surface area (Å²) >= 11 is 0. The Hall–Kier alpha value is -10.3. The molecule has 0 aliphatic carbocycles. The normalized spacial score (nSPS) is 11.1. The van der Waals surface area contributed by atoms with Gasteiger partial charge in [0.15, 0.2) is 0 Å². The summed E-state index contributed by atoms with van der Waals surface area (Å²) in [5.41, 5.74) is 23.9. The molecular formula is C82H70N2. The van der Waals surface area contributed by atoms with Crippen molar-refractivity contribution in [3.05, 3.63) is 315 Å². The first kappa shape index (κ1) is 55.6. The third-order valence-corrected chi connectivity index (χ3v) is 15.7. The predicted molar refractivity (Wildman–Crippen MR) is 366 cm³/mol. The topological polar surface area (TPSA) is 7.65 Å². The lowest BCUT2D eigenvalue weighted by atomic mass is 9.96.